The van der Waals surface area contributed by atoms with Gasteiger partial charge in [0.15, 0.2) is 0 Å². The number of imide groups is 2. The Kier molecular flexibility index (Phi) is 6.18. The second-order valence-corrected chi connectivity index (χ2v) is 7.75. The summed E-state index contributed by atoms with van der Waals surface area (Å²) in [6.45, 7) is 0.113. The highest BCUT2D eigenvalue weighted by Gasteiger charge is 2.46. The lowest BCUT2D eigenvalue weighted by Gasteiger charge is -2.37. The summed E-state index contributed by atoms with van der Waals surface area (Å²) >= 11 is 4.26. The lowest BCUT2D eigenvalue weighted by atomic mass is 9.94. The zero-order chi connectivity index (χ0) is 21.8. The van der Waals surface area contributed by atoms with Gasteiger partial charge in [-0.2, -0.15) is 12.6 Å². The molecule has 1 aliphatic rings. The zero-order valence-corrected chi connectivity index (χ0v) is 17.7. The number of hydrogen-bond acceptors (Lipinski definition) is 4. The first-order valence-corrected chi connectivity index (χ1v) is 10.7. The van der Waals surface area contributed by atoms with E-state index in [9.17, 15) is 14.4 Å². The number of carbonyl (C=O) groups excluding carboxylic acids is 3. The van der Waals surface area contributed by atoms with Gasteiger partial charge in [-0.25, -0.2) is 9.69 Å². The molecular formula is C25H22N2O3S. The number of thiol groups is 1. The van der Waals surface area contributed by atoms with Crippen LogP contribution >= 0.6 is 12.6 Å². The van der Waals surface area contributed by atoms with Gasteiger partial charge in [0.1, 0.15) is 5.92 Å². The molecule has 3 aromatic carbocycles. The maximum absolute atomic E-state index is 13.3. The van der Waals surface area contributed by atoms with E-state index in [2.05, 4.69) is 12.6 Å². The molecule has 31 heavy (non-hydrogen) atoms. The van der Waals surface area contributed by atoms with Gasteiger partial charge in [-0.05, 0) is 35.2 Å². The summed E-state index contributed by atoms with van der Waals surface area (Å²) in [5, 5.41) is 0. The number of carbonyl (C=O) groups is 3. The first kappa shape index (κ1) is 20.9. The Morgan fingerprint density at radius 3 is 1.84 bits per heavy atom. The number of nitrogens with zero attached hydrogens (tertiary/aromatic N) is 2. The number of hydrogen-bond donors (Lipinski definition) is 1. The van der Waals surface area contributed by atoms with Gasteiger partial charge >= 0.3 is 6.03 Å². The topological polar surface area (TPSA) is 57.7 Å². The van der Waals surface area contributed by atoms with Gasteiger partial charge in [0.05, 0.1) is 12.2 Å². The Labute approximate surface area is 186 Å². The average Bonchev–Trinajstić information content (AvgIpc) is 2.81. The fraction of sp³-hybridized carbons (Fsp3) is 0.160. The summed E-state index contributed by atoms with van der Waals surface area (Å²) in [7, 11) is 0. The molecule has 0 spiro atoms. The fourth-order valence-corrected chi connectivity index (χ4v) is 3.89. The highest BCUT2D eigenvalue weighted by Crippen LogP contribution is 2.28. The number of benzene rings is 3. The van der Waals surface area contributed by atoms with Crippen LogP contribution in [0.15, 0.2) is 84.9 Å². The molecule has 0 radical (unpaired) electrons. The lowest BCUT2D eigenvalue weighted by molar-refractivity contribution is -0.141. The van der Waals surface area contributed by atoms with E-state index in [1.165, 1.54) is 4.90 Å². The van der Waals surface area contributed by atoms with Crippen LogP contribution in [0.1, 0.15) is 16.7 Å². The van der Waals surface area contributed by atoms with E-state index < -0.39 is 23.8 Å². The third kappa shape index (κ3) is 4.39. The smallest absolute Gasteiger partial charge is 0.273 e. The van der Waals surface area contributed by atoms with Gasteiger partial charge in [-0.1, -0.05) is 72.8 Å². The minimum absolute atomic E-state index is 0.113. The van der Waals surface area contributed by atoms with E-state index in [1.54, 1.807) is 12.1 Å². The molecule has 4 rings (SSSR count). The van der Waals surface area contributed by atoms with Crippen LogP contribution < -0.4 is 4.90 Å². The molecule has 6 heteroatoms. The molecule has 5 nitrogen and oxygen atoms in total. The van der Waals surface area contributed by atoms with Crippen molar-refractivity contribution in [3.8, 4) is 0 Å². The Hall–Kier alpha value is -3.38. The van der Waals surface area contributed by atoms with E-state index in [1.807, 2.05) is 72.8 Å². The molecule has 0 aliphatic carbocycles. The third-order valence-corrected chi connectivity index (χ3v) is 5.71. The molecule has 4 amide bonds. The van der Waals surface area contributed by atoms with Crippen molar-refractivity contribution >= 4 is 36.2 Å². The monoisotopic (exact) mass is 430 g/mol. The van der Waals surface area contributed by atoms with E-state index >= 15 is 0 Å². The van der Waals surface area contributed by atoms with Crippen molar-refractivity contribution in [2.24, 2.45) is 5.92 Å². The first-order chi connectivity index (χ1) is 15.1. The van der Waals surface area contributed by atoms with E-state index in [0.717, 1.165) is 21.6 Å². The van der Waals surface area contributed by atoms with Crippen LogP contribution in [-0.2, 0) is 28.3 Å². The van der Waals surface area contributed by atoms with Crippen LogP contribution in [0.3, 0.4) is 0 Å². The molecule has 3 aromatic rings. The van der Waals surface area contributed by atoms with Crippen molar-refractivity contribution in [2.45, 2.75) is 18.7 Å². The standard InChI is InChI=1S/C25H22N2O3S/c28-23-22(15-18-7-3-1-4-8-18)24(29)27(21-13-11-20(17-31)12-14-21)25(30)26(23)16-19-9-5-2-6-10-19/h1-14,22,31H,15-17H2. The van der Waals surface area contributed by atoms with Crippen molar-refractivity contribution in [3.05, 3.63) is 102 Å². The van der Waals surface area contributed by atoms with Crippen LogP contribution in [0.4, 0.5) is 10.5 Å². The van der Waals surface area contributed by atoms with Gasteiger partial charge in [-0.15, -0.1) is 0 Å². The second-order valence-electron chi connectivity index (χ2n) is 7.43. The maximum Gasteiger partial charge on any atom is 0.338 e. The van der Waals surface area contributed by atoms with Crippen molar-refractivity contribution in [2.75, 3.05) is 4.90 Å². The fourth-order valence-electron chi connectivity index (χ4n) is 3.68. The zero-order valence-electron chi connectivity index (χ0n) is 16.8. The Balaban J connectivity index is 1.71. The predicted octanol–water partition coefficient (Wildman–Crippen LogP) is 4.47. The first-order valence-electron chi connectivity index (χ1n) is 10.1. The van der Waals surface area contributed by atoms with Crippen molar-refractivity contribution in [1.82, 2.24) is 4.90 Å². The highest BCUT2D eigenvalue weighted by molar-refractivity contribution is 7.79. The molecule has 0 N–H and O–H groups in total. The van der Waals surface area contributed by atoms with E-state index in [4.69, 9.17) is 0 Å². The molecule has 1 heterocycles. The molecule has 1 aliphatic heterocycles. The SMILES string of the molecule is O=C1C(Cc2ccccc2)C(=O)N(c2ccc(CS)cc2)C(=O)N1Cc1ccccc1. The molecule has 0 saturated carbocycles. The van der Waals surface area contributed by atoms with Gasteiger partial charge in [0, 0.05) is 5.75 Å². The van der Waals surface area contributed by atoms with Gasteiger partial charge in [-0.3, -0.25) is 14.5 Å². The van der Waals surface area contributed by atoms with Gasteiger partial charge in [0.2, 0.25) is 11.8 Å². The quantitative estimate of drug-likeness (QED) is 0.464. The van der Waals surface area contributed by atoms with Crippen LogP contribution in [0, 0.1) is 5.92 Å². The average molecular weight is 431 g/mol. The molecule has 0 aromatic heterocycles. The summed E-state index contributed by atoms with van der Waals surface area (Å²) in [6, 6.07) is 25.1. The van der Waals surface area contributed by atoms with E-state index in [-0.39, 0.29) is 13.0 Å². The maximum atomic E-state index is 13.3. The molecule has 156 valence electrons. The summed E-state index contributed by atoms with van der Waals surface area (Å²) in [5.41, 5.74) is 3.11. The highest BCUT2D eigenvalue weighted by atomic mass is 32.1. The van der Waals surface area contributed by atoms with Crippen LogP contribution in [0.5, 0.6) is 0 Å². The van der Waals surface area contributed by atoms with Crippen LogP contribution in [-0.4, -0.2) is 22.7 Å². The normalized spacial score (nSPS) is 16.7. The third-order valence-electron chi connectivity index (χ3n) is 5.35. The van der Waals surface area contributed by atoms with Crippen molar-refractivity contribution in [1.29, 1.82) is 0 Å². The Morgan fingerprint density at radius 2 is 1.26 bits per heavy atom. The Bertz CT molecular complexity index is 1020. The number of anilines is 1. The minimum atomic E-state index is -0.964. The molecule has 1 unspecified atom stereocenters. The minimum Gasteiger partial charge on any atom is -0.273 e. The molecule has 1 atom stereocenters. The molecule has 1 saturated heterocycles. The van der Waals surface area contributed by atoms with E-state index in [0.29, 0.717) is 11.4 Å². The number of barbiturate groups is 1. The summed E-state index contributed by atoms with van der Waals surface area (Å²) in [4.78, 5) is 42.2. The second kappa shape index (κ2) is 9.18. The summed E-state index contributed by atoms with van der Waals surface area (Å²) in [5.74, 6) is -1.38. The molecular weight excluding hydrogens is 408 g/mol. The number of urea groups is 1. The predicted molar refractivity (Wildman–Crippen MR) is 123 cm³/mol. The number of amides is 4. The van der Waals surface area contributed by atoms with Gasteiger partial charge in [0.25, 0.3) is 0 Å². The molecule has 1 fully saturated rings. The van der Waals surface area contributed by atoms with Crippen LogP contribution in [0.2, 0.25) is 0 Å². The Morgan fingerprint density at radius 1 is 0.677 bits per heavy atom. The van der Waals surface area contributed by atoms with Gasteiger partial charge < -0.3 is 0 Å². The van der Waals surface area contributed by atoms with Crippen LogP contribution in [0.25, 0.3) is 0 Å². The lowest BCUT2D eigenvalue weighted by Crippen LogP contribution is -2.60. The molecule has 0 bridgehead atoms. The number of rotatable bonds is 6. The van der Waals surface area contributed by atoms with Crippen molar-refractivity contribution in [3.63, 3.8) is 0 Å². The largest absolute Gasteiger partial charge is 0.338 e. The summed E-state index contributed by atoms with van der Waals surface area (Å²) < 4.78 is 0. The van der Waals surface area contributed by atoms with Crippen molar-refractivity contribution < 1.29 is 14.4 Å². The summed E-state index contributed by atoms with van der Waals surface area (Å²) in [6.07, 6.45) is 0.238.